The lowest BCUT2D eigenvalue weighted by atomic mass is 10.1. The van der Waals surface area contributed by atoms with Gasteiger partial charge in [0.1, 0.15) is 5.56 Å². The van der Waals surface area contributed by atoms with E-state index in [4.69, 9.17) is 4.52 Å². The molecule has 0 spiro atoms. The fourth-order valence-corrected chi connectivity index (χ4v) is 1.52. The summed E-state index contributed by atoms with van der Waals surface area (Å²) in [6, 6.07) is 0. The highest BCUT2D eigenvalue weighted by molar-refractivity contribution is 5.50. The first-order valence-electron chi connectivity index (χ1n) is 5.60. The third-order valence-electron chi connectivity index (χ3n) is 2.40. The van der Waals surface area contributed by atoms with Crippen molar-refractivity contribution in [2.75, 3.05) is 0 Å². The number of nitrogens with one attached hydrogen (secondary N) is 1. The van der Waals surface area contributed by atoms with Crippen molar-refractivity contribution in [3.05, 3.63) is 32.9 Å². The molecule has 0 fully saturated rings. The zero-order valence-electron chi connectivity index (χ0n) is 10.4. The van der Waals surface area contributed by atoms with Crippen molar-refractivity contribution >= 4 is 0 Å². The van der Waals surface area contributed by atoms with Crippen molar-refractivity contribution in [2.45, 2.75) is 20.3 Å². The Morgan fingerprint density at radius 2 is 2.17 bits per heavy atom. The van der Waals surface area contributed by atoms with Gasteiger partial charge in [-0.15, -0.1) is 0 Å². The zero-order chi connectivity index (χ0) is 13.3. The van der Waals surface area contributed by atoms with Crippen LogP contribution in [-0.4, -0.2) is 19.7 Å². The maximum absolute atomic E-state index is 11.6. The normalized spacial score (nSPS) is 11.1. The molecule has 7 nitrogen and oxygen atoms in total. The minimum absolute atomic E-state index is 0.197. The Morgan fingerprint density at radius 1 is 1.44 bits per heavy atom. The van der Waals surface area contributed by atoms with E-state index in [2.05, 4.69) is 15.1 Å². The van der Waals surface area contributed by atoms with Crippen molar-refractivity contribution in [2.24, 2.45) is 13.0 Å². The Hall–Kier alpha value is -2.18. The summed E-state index contributed by atoms with van der Waals surface area (Å²) in [6.45, 7) is 4.06. The number of rotatable bonds is 3. The van der Waals surface area contributed by atoms with Crippen LogP contribution in [-0.2, 0) is 13.5 Å². The van der Waals surface area contributed by atoms with Crippen LogP contribution in [0.3, 0.4) is 0 Å². The summed E-state index contributed by atoms with van der Waals surface area (Å²) < 4.78 is 6.31. The van der Waals surface area contributed by atoms with Crippen molar-refractivity contribution in [1.29, 1.82) is 0 Å². The summed E-state index contributed by atoms with van der Waals surface area (Å²) in [5.41, 5.74) is -0.777. The van der Waals surface area contributed by atoms with Crippen LogP contribution in [0.2, 0.25) is 0 Å². The molecule has 0 bridgehead atoms. The van der Waals surface area contributed by atoms with Crippen LogP contribution in [0.5, 0.6) is 0 Å². The van der Waals surface area contributed by atoms with E-state index in [0.29, 0.717) is 18.2 Å². The second-order valence-corrected chi connectivity index (χ2v) is 4.52. The quantitative estimate of drug-likeness (QED) is 0.846. The predicted octanol–water partition coefficient (Wildman–Crippen LogP) is 0.322. The lowest BCUT2D eigenvalue weighted by Crippen LogP contribution is -2.28. The number of aromatic amines is 1. The molecule has 0 aliphatic carbocycles. The molecule has 0 aliphatic rings. The van der Waals surface area contributed by atoms with Crippen LogP contribution in [0.1, 0.15) is 19.7 Å². The van der Waals surface area contributed by atoms with Gasteiger partial charge in [-0.3, -0.25) is 9.78 Å². The fourth-order valence-electron chi connectivity index (χ4n) is 1.52. The highest BCUT2D eigenvalue weighted by Crippen LogP contribution is 2.12. The average molecular weight is 250 g/mol. The third-order valence-corrected chi connectivity index (χ3v) is 2.40. The van der Waals surface area contributed by atoms with Crippen LogP contribution in [0.4, 0.5) is 0 Å². The van der Waals surface area contributed by atoms with Crippen molar-refractivity contribution in [3.63, 3.8) is 0 Å². The molecule has 0 aliphatic heterocycles. The number of H-pyrrole nitrogens is 1. The molecule has 1 N–H and O–H groups in total. The van der Waals surface area contributed by atoms with Crippen LogP contribution in [0.15, 0.2) is 20.3 Å². The molecule has 2 rings (SSSR count). The van der Waals surface area contributed by atoms with Gasteiger partial charge < -0.3 is 9.09 Å². The standard InChI is InChI=1S/C11H14N4O3/c1-6(2)4-8-12-9(14-18-8)7-5-15(3)11(17)13-10(7)16/h5-6H,4H2,1-3H3,(H,13,16,17). The minimum atomic E-state index is -0.519. The van der Waals surface area contributed by atoms with Crippen molar-refractivity contribution < 1.29 is 4.52 Å². The van der Waals surface area contributed by atoms with Crippen molar-refractivity contribution in [3.8, 4) is 11.4 Å². The zero-order valence-corrected chi connectivity index (χ0v) is 10.4. The second-order valence-electron chi connectivity index (χ2n) is 4.52. The van der Waals surface area contributed by atoms with Gasteiger partial charge in [-0.2, -0.15) is 4.98 Å². The lowest BCUT2D eigenvalue weighted by Gasteiger charge is -1.98. The molecule has 2 heterocycles. The Bertz CT molecular complexity index is 665. The Kier molecular flexibility index (Phi) is 3.14. The molecule has 0 radical (unpaired) electrons. The van der Waals surface area contributed by atoms with E-state index in [1.165, 1.54) is 17.8 Å². The molecule has 0 saturated heterocycles. The van der Waals surface area contributed by atoms with Gasteiger partial charge in [0.25, 0.3) is 5.56 Å². The predicted molar refractivity (Wildman–Crippen MR) is 64.1 cm³/mol. The van der Waals surface area contributed by atoms with E-state index >= 15 is 0 Å². The van der Waals surface area contributed by atoms with Gasteiger partial charge in [-0.25, -0.2) is 4.79 Å². The molecule has 2 aromatic rings. The summed E-state index contributed by atoms with van der Waals surface area (Å²) in [7, 11) is 1.54. The Balaban J connectivity index is 2.43. The first-order chi connectivity index (χ1) is 8.47. The Labute approximate surface area is 102 Å². The molecule has 7 heteroatoms. The Morgan fingerprint density at radius 3 is 2.83 bits per heavy atom. The number of hydrogen-bond acceptors (Lipinski definition) is 5. The highest BCUT2D eigenvalue weighted by Gasteiger charge is 2.14. The monoisotopic (exact) mass is 250 g/mol. The van der Waals surface area contributed by atoms with E-state index < -0.39 is 11.2 Å². The SMILES string of the molecule is CC(C)Cc1nc(-c2cn(C)c(=O)[nH]c2=O)no1. The lowest BCUT2D eigenvalue weighted by molar-refractivity contribution is 0.363. The summed E-state index contributed by atoms with van der Waals surface area (Å²) in [4.78, 5) is 29.2. The molecule has 0 amide bonds. The van der Waals surface area contributed by atoms with E-state index in [1.54, 1.807) is 0 Å². The van der Waals surface area contributed by atoms with Gasteiger partial charge >= 0.3 is 5.69 Å². The van der Waals surface area contributed by atoms with Crippen molar-refractivity contribution in [1.82, 2.24) is 19.7 Å². The molecule has 18 heavy (non-hydrogen) atoms. The number of nitrogens with zero attached hydrogens (tertiary/aromatic N) is 3. The van der Waals surface area contributed by atoms with Gasteiger partial charge in [0.15, 0.2) is 0 Å². The van der Waals surface area contributed by atoms with Crippen LogP contribution in [0.25, 0.3) is 11.4 Å². The largest absolute Gasteiger partial charge is 0.339 e. The summed E-state index contributed by atoms with van der Waals surface area (Å²) in [6.07, 6.45) is 2.04. The number of aryl methyl sites for hydroxylation is 1. The van der Waals surface area contributed by atoms with Gasteiger partial charge in [0, 0.05) is 19.7 Å². The van der Waals surface area contributed by atoms with Crippen LogP contribution in [0, 0.1) is 5.92 Å². The first-order valence-corrected chi connectivity index (χ1v) is 5.60. The van der Waals surface area contributed by atoms with Gasteiger partial charge in [0.05, 0.1) is 0 Å². The van der Waals surface area contributed by atoms with E-state index in [-0.39, 0.29) is 11.4 Å². The summed E-state index contributed by atoms with van der Waals surface area (Å²) in [5.74, 6) is 1.06. The molecule has 2 aromatic heterocycles. The third kappa shape index (κ3) is 2.39. The van der Waals surface area contributed by atoms with Crippen LogP contribution >= 0.6 is 0 Å². The van der Waals surface area contributed by atoms with Gasteiger partial charge in [-0.05, 0) is 5.92 Å². The van der Waals surface area contributed by atoms with Gasteiger partial charge in [0.2, 0.25) is 11.7 Å². The fraction of sp³-hybridized carbons (Fsp3) is 0.455. The highest BCUT2D eigenvalue weighted by atomic mass is 16.5. The smallest absolute Gasteiger partial charge is 0.328 e. The molecule has 0 saturated carbocycles. The maximum Gasteiger partial charge on any atom is 0.328 e. The first kappa shape index (κ1) is 12.3. The molecule has 0 atom stereocenters. The molecule has 0 unspecified atom stereocenters. The molecule has 0 aromatic carbocycles. The number of aromatic nitrogens is 4. The maximum atomic E-state index is 11.6. The van der Waals surface area contributed by atoms with E-state index in [1.807, 2.05) is 13.8 Å². The second kappa shape index (κ2) is 4.59. The van der Waals surface area contributed by atoms with Crippen LogP contribution < -0.4 is 11.2 Å². The van der Waals surface area contributed by atoms with Gasteiger partial charge in [-0.1, -0.05) is 19.0 Å². The topological polar surface area (TPSA) is 93.8 Å². The molecular weight excluding hydrogens is 236 g/mol. The summed E-state index contributed by atoms with van der Waals surface area (Å²) >= 11 is 0. The van der Waals surface area contributed by atoms with E-state index in [0.717, 1.165) is 0 Å². The molecule has 96 valence electrons. The summed E-state index contributed by atoms with van der Waals surface area (Å²) in [5, 5.41) is 3.75. The number of hydrogen-bond donors (Lipinski definition) is 1. The minimum Gasteiger partial charge on any atom is -0.339 e. The average Bonchev–Trinajstić information content (AvgIpc) is 2.70. The molecular formula is C11H14N4O3. The van der Waals surface area contributed by atoms with E-state index in [9.17, 15) is 9.59 Å².